The number of benzene rings is 7. The number of aromatic nitrogens is 2. The highest BCUT2D eigenvalue weighted by Gasteiger charge is 2.21. The van der Waals surface area contributed by atoms with Crippen molar-refractivity contribution in [2.45, 2.75) is 6.92 Å². The molecule has 2 nitrogen and oxygen atoms in total. The summed E-state index contributed by atoms with van der Waals surface area (Å²) >= 11 is 0. The first-order valence-corrected chi connectivity index (χ1v) is 17.3. The Labute approximate surface area is 297 Å². The Morgan fingerprint density at radius 3 is 1.67 bits per heavy atom. The van der Waals surface area contributed by atoms with Gasteiger partial charge in [-0.15, -0.1) is 6.42 Å². The second-order valence-electron chi connectivity index (χ2n) is 12.9. The third-order valence-corrected chi connectivity index (χ3v) is 9.97. The lowest BCUT2D eigenvalue weighted by Crippen LogP contribution is -1.94. The summed E-state index contributed by atoms with van der Waals surface area (Å²) in [7, 11) is 0. The average Bonchev–Trinajstić information content (AvgIpc) is 3.71. The van der Waals surface area contributed by atoms with Crippen LogP contribution in [0.4, 0.5) is 0 Å². The quantitative estimate of drug-likeness (QED) is 0.125. The second kappa shape index (κ2) is 12.6. The predicted octanol–water partition coefficient (Wildman–Crippen LogP) is 12.8. The fourth-order valence-corrected chi connectivity index (χ4v) is 7.71. The van der Waals surface area contributed by atoms with Crippen LogP contribution in [0.1, 0.15) is 12.5 Å². The highest BCUT2D eigenvalue weighted by Crippen LogP contribution is 2.43. The number of hydrogen-bond donors (Lipinski definition) is 0. The van der Waals surface area contributed by atoms with Gasteiger partial charge in [-0.05, 0) is 119 Å². The molecule has 0 aliphatic heterocycles. The Bertz CT molecular complexity index is 2840. The number of hydrogen-bond acceptors (Lipinski definition) is 0. The lowest BCUT2D eigenvalue weighted by atomic mass is 9.92. The topological polar surface area (TPSA) is 9.86 Å². The first-order valence-electron chi connectivity index (χ1n) is 17.3. The molecule has 0 aliphatic rings. The molecule has 0 N–H and O–H groups in total. The van der Waals surface area contributed by atoms with Crippen LogP contribution in [-0.2, 0) is 0 Å². The van der Waals surface area contributed by atoms with Crippen LogP contribution in [0.25, 0.3) is 82.8 Å². The molecule has 2 heteroatoms. The summed E-state index contributed by atoms with van der Waals surface area (Å²) in [5, 5.41) is 5.01. The number of allylic oxidation sites excluding steroid dienone is 4. The van der Waals surface area contributed by atoms with E-state index in [4.69, 9.17) is 6.42 Å². The van der Waals surface area contributed by atoms with Gasteiger partial charge in [-0.2, -0.15) is 0 Å². The van der Waals surface area contributed by atoms with E-state index in [0.29, 0.717) is 0 Å². The van der Waals surface area contributed by atoms with Crippen LogP contribution in [0.15, 0.2) is 182 Å². The largest absolute Gasteiger partial charge is 0.309 e. The van der Waals surface area contributed by atoms with Crippen LogP contribution in [0.5, 0.6) is 0 Å². The lowest BCUT2D eigenvalue weighted by Gasteiger charge is -2.13. The number of rotatable bonds is 6. The van der Waals surface area contributed by atoms with Crippen molar-refractivity contribution in [2.75, 3.05) is 0 Å². The van der Waals surface area contributed by atoms with Gasteiger partial charge in [0.1, 0.15) is 0 Å². The van der Waals surface area contributed by atoms with Crippen molar-refractivity contribution in [3.05, 3.63) is 188 Å². The fourth-order valence-electron chi connectivity index (χ4n) is 7.71. The molecule has 0 spiro atoms. The van der Waals surface area contributed by atoms with Gasteiger partial charge < -0.3 is 9.13 Å². The Kier molecular flexibility index (Phi) is 7.46. The smallest absolute Gasteiger partial charge is 0.0548 e. The molecule has 0 bridgehead atoms. The van der Waals surface area contributed by atoms with Crippen LogP contribution >= 0.6 is 0 Å². The summed E-state index contributed by atoms with van der Waals surface area (Å²) in [5.74, 6) is 2.66. The third-order valence-electron chi connectivity index (χ3n) is 9.97. The Morgan fingerprint density at radius 2 is 1.04 bits per heavy atom. The van der Waals surface area contributed by atoms with Crippen molar-refractivity contribution in [1.82, 2.24) is 9.13 Å². The average molecular weight is 651 g/mol. The van der Waals surface area contributed by atoms with Gasteiger partial charge in [0.25, 0.3) is 0 Å². The van der Waals surface area contributed by atoms with E-state index < -0.39 is 0 Å². The fraction of sp³-hybridized carbons (Fsp3) is 0.0204. The summed E-state index contributed by atoms with van der Waals surface area (Å²) in [6.45, 7) is 2.06. The summed E-state index contributed by atoms with van der Waals surface area (Å²) < 4.78 is 4.82. The van der Waals surface area contributed by atoms with Crippen molar-refractivity contribution in [3.63, 3.8) is 0 Å². The monoisotopic (exact) mass is 650 g/mol. The zero-order chi connectivity index (χ0) is 34.3. The minimum atomic E-state index is 1.09. The summed E-state index contributed by atoms with van der Waals surface area (Å²) in [4.78, 5) is 0. The number of fused-ring (bicyclic) bond motifs is 7. The Hall–Kier alpha value is -6.82. The van der Waals surface area contributed by atoms with Gasteiger partial charge >= 0.3 is 0 Å². The Balaban J connectivity index is 1.36. The van der Waals surface area contributed by atoms with E-state index in [9.17, 15) is 0 Å². The molecular weight excluding hydrogens is 617 g/mol. The van der Waals surface area contributed by atoms with Crippen molar-refractivity contribution in [2.24, 2.45) is 0 Å². The number of nitrogens with zero attached hydrogens (tertiary/aromatic N) is 2. The molecule has 0 saturated heterocycles. The van der Waals surface area contributed by atoms with Crippen LogP contribution in [-0.4, -0.2) is 9.13 Å². The third kappa shape index (κ3) is 5.07. The minimum absolute atomic E-state index is 1.09. The second-order valence-corrected chi connectivity index (χ2v) is 12.9. The van der Waals surface area contributed by atoms with Gasteiger partial charge in [-0.3, -0.25) is 0 Å². The van der Waals surface area contributed by atoms with Crippen LogP contribution in [0.2, 0.25) is 0 Å². The molecule has 0 radical (unpaired) electrons. The van der Waals surface area contributed by atoms with Crippen molar-refractivity contribution in [3.8, 4) is 46.0 Å². The maximum Gasteiger partial charge on any atom is 0.0548 e. The van der Waals surface area contributed by atoms with Crippen molar-refractivity contribution < 1.29 is 0 Å². The van der Waals surface area contributed by atoms with E-state index in [2.05, 4.69) is 192 Å². The van der Waals surface area contributed by atoms with Crippen LogP contribution in [0.3, 0.4) is 0 Å². The van der Waals surface area contributed by atoms with Crippen LogP contribution in [0, 0.1) is 12.3 Å². The van der Waals surface area contributed by atoms with Gasteiger partial charge in [0.2, 0.25) is 0 Å². The molecule has 0 atom stereocenters. The normalized spacial score (nSPS) is 12.0. The molecule has 51 heavy (non-hydrogen) atoms. The molecule has 9 aromatic rings. The molecule has 0 aliphatic carbocycles. The summed E-state index contributed by atoms with van der Waals surface area (Å²) in [6, 6.07) is 59.2. The van der Waals surface area contributed by atoms with Gasteiger partial charge in [-0.1, -0.05) is 109 Å². The molecule has 0 amide bonds. The first kappa shape index (κ1) is 30.3. The molecule has 7 aromatic carbocycles. The maximum atomic E-state index is 5.63. The number of para-hydroxylation sites is 3. The molecule has 2 aromatic heterocycles. The molecule has 2 heterocycles. The number of terminal acetylenes is 1. The molecule has 9 rings (SSSR count). The maximum absolute atomic E-state index is 5.63. The predicted molar refractivity (Wildman–Crippen MR) is 218 cm³/mol. The molecule has 240 valence electrons. The van der Waals surface area contributed by atoms with E-state index in [0.717, 1.165) is 39.2 Å². The van der Waals surface area contributed by atoms with Gasteiger partial charge in [0.05, 0.1) is 22.1 Å². The van der Waals surface area contributed by atoms with E-state index in [-0.39, 0.29) is 0 Å². The lowest BCUT2D eigenvalue weighted by molar-refractivity contribution is 1.17. The van der Waals surface area contributed by atoms with Crippen LogP contribution < -0.4 is 0 Å². The molecule has 0 unspecified atom stereocenters. The van der Waals surface area contributed by atoms with Gasteiger partial charge in [-0.25, -0.2) is 0 Å². The van der Waals surface area contributed by atoms with Gasteiger partial charge in [0.15, 0.2) is 0 Å². The minimum Gasteiger partial charge on any atom is -0.309 e. The first-order chi connectivity index (χ1) is 25.2. The highest BCUT2D eigenvalue weighted by atomic mass is 15.0. The van der Waals surface area contributed by atoms with Gasteiger partial charge in [0, 0.05) is 32.9 Å². The molecule has 0 fully saturated rings. The van der Waals surface area contributed by atoms with E-state index >= 15 is 0 Å². The van der Waals surface area contributed by atoms with Crippen molar-refractivity contribution in [1.29, 1.82) is 0 Å². The van der Waals surface area contributed by atoms with Crippen molar-refractivity contribution >= 4 is 49.2 Å². The summed E-state index contributed by atoms with van der Waals surface area (Å²) in [5.41, 5.74) is 13.9. The van der Waals surface area contributed by atoms with E-state index in [1.165, 1.54) is 49.2 Å². The highest BCUT2D eigenvalue weighted by molar-refractivity contribution is 6.29. The molecular formula is C49H34N2. The standard InChI is InChI=1S/C49H34N2/c1-3-5-17-34(4-2)37-30-38(35-18-9-6-10-19-35)32-39(31-37)36-26-27-43-47(33-36)51(41-22-13-8-14-23-41)46-29-28-45-48(49(43)46)42-24-15-16-25-44(42)50(45)40-20-11-7-12-21-40/h1,4-33H,2H3/b17-5-,34-4+. The molecule has 0 saturated carbocycles. The van der Waals surface area contributed by atoms with E-state index in [1.54, 1.807) is 6.08 Å². The van der Waals surface area contributed by atoms with E-state index in [1.807, 2.05) is 6.08 Å². The zero-order valence-electron chi connectivity index (χ0n) is 28.3. The Morgan fingerprint density at radius 1 is 0.490 bits per heavy atom. The summed E-state index contributed by atoms with van der Waals surface area (Å²) in [6.07, 6.45) is 11.5. The zero-order valence-corrected chi connectivity index (χ0v) is 28.3. The SMILES string of the molecule is C#C/C=C\C(=C/C)c1cc(-c2ccccc2)cc(-c2ccc3c4c5c6ccccc6n(-c6ccccc6)c5ccc4n(-c4ccccc4)c3c2)c1.